The van der Waals surface area contributed by atoms with E-state index in [4.69, 9.17) is 11.6 Å². The largest absolute Gasteiger partial charge is 0.339 e. The van der Waals surface area contributed by atoms with Gasteiger partial charge in [-0.2, -0.15) is 0 Å². The molecule has 0 aliphatic rings. The van der Waals surface area contributed by atoms with Crippen molar-refractivity contribution in [1.29, 1.82) is 0 Å². The number of carbonyl (C=O) groups excluding carboxylic acids is 1. The van der Waals surface area contributed by atoms with Crippen molar-refractivity contribution in [2.45, 2.75) is 84.5 Å². The lowest BCUT2D eigenvalue weighted by atomic mass is 10.1. The van der Waals surface area contributed by atoms with Crippen LogP contribution in [0, 0.1) is 0 Å². The molecule has 0 bridgehead atoms. The molecule has 1 aromatic rings. The molecule has 0 atom stereocenters. The van der Waals surface area contributed by atoms with Crippen LogP contribution in [0.5, 0.6) is 0 Å². The fraction of sp³-hybridized carbons (Fsp3) is 0.682. The van der Waals surface area contributed by atoms with Crippen molar-refractivity contribution in [3.8, 4) is 0 Å². The highest BCUT2D eigenvalue weighted by molar-refractivity contribution is 6.30. The Morgan fingerprint density at radius 1 is 0.760 bits per heavy atom. The first-order valence-corrected chi connectivity index (χ1v) is 10.6. The maximum Gasteiger partial charge on any atom is 0.253 e. The molecular weight excluding hydrogens is 330 g/mol. The van der Waals surface area contributed by atoms with Crippen molar-refractivity contribution in [3.63, 3.8) is 0 Å². The quantitative estimate of drug-likeness (QED) is 0.321. The zero-order valence-corrected chi connectivity index (χ0v) is 17.0. The predicted molar refractivity (Wildman–Crippen MR) is 109 cm³/mol. The minimum Gasteiger partial charge on any atom is -0.339 e. The third-order valence-corrected chi connectivity index (χ3v) is 4.94. The lowest BCUT2D eigenvalue weighted by Crippen LogP contribution is -2.33. The molecule has 0 saturated heterocycles. The van der Waals surface area contributed by atoms with Gasteiger partial charge in [0.15, 0.2) is 0 Å². The average molecular weight is 366 g/mol. The zero-order chi connectivity index (χ0) is 18.3. The molecule has 1 rings (SSSR count). The lowest BCUT2D eigenvalue weighted by Gasteiger charge is -2.23. The number of hydrogen-bond acceptors (Lipinski definition) is 1. The minimum atomic E-state index is 0.153. The van der Waals surface area contributed by atoms with E-state index in [2.05, 4.69) is 18.7 Å². The highest BCUT2D eigenvalue weighted by Crippen LogP contribution is 2.14. The monoisotopic (exact) mass is 365 g/mol. The van der Waals surface area contributed by atoms with Crippen LogP contribution in [0.4, 0.5) is 0 Å². The normalized spacial score (nSPS) is 10.8. The van der Waals surface area contributed by atoms with Crippen LogP contribution >= 0.6 is 11.6 Å². The summed E-state index contributed by atoms with van der Waals surface area (Å²) in [6.45, 7) is 6.22. The average Bonchev–Trinajstić information content (AvgIpc) is 2.62. The van der Waals surface area contributed by atoms with Crippen LogP contribution in [0.3, 0.4) is 0 Å². The Balaban J connectivity index is 2.48. The van der Waals surface area contributed by atoms with Crippen LogP contribution in [0.25, 0.3) is 0 Å². The number of benzene rings is 1. The number of nitrogens with zero attached hydrogens (tertiary/aromatic N) is 1. The molecule has 0 aliphatic carbocycles. The third-order valence-electron chi connectivity index (χ3n) is 4.69. The first-order valence-electron chi connectivity index (χ1n) is 10.2. The summed E-state index contributed by atoms with van der Waals surface area (Å²) in [5.74, 6) is 0.153. The number of hydrogen-bond donors (Lipinski definition) is 0. The molecule has 0 saturated carbocycles. The van der Waals surface area contributed by atoms with Gasteiger partial charge in [-0.25, -0.2) is 0 Å². The Hall–Kier alpha value is -1.02. The summed E-state index contributed by atoms with van der Waals surface area (Å²) in [6.07, 6.45) is 13.7. The Kier molecular flexibility index (Phi) is 12.5. The Labute approximate surface area is 159 Å². The summed E-state index contributed by atoms with van der Waals surface area (Å²) in [6, 6.07) is 7.30. The highest BCUT2D eigenvalue weighted by Gasteiger charge is 2.15. The molecule has 1 aromatic carbocycles. The SMILES string of the molecule is CCCCCCCCN(CCCCCCC)C(=O)c1ccc(Cl)cc1. The van der Waals surface area contributed by atoms with Gasteiger partial charge in [0.05, 0.1) is 0 Å². The van der Waals surface area contributed by atoms with E-state index in [0.29, 0.717) is 5.02 Å². The summed E-state index contributed by atoms with van der Waals surface area (Å²) < 4.78 is 0. The van der Waals surface area contributed by atoms with Gasteiger partial charge in [-0.15, -0.1) is 0 Å². The second-order valence-corrected chi connectivity index (χ2v) is 7.42. The fourth-order valence-corrected chi connectivity index (χ4v) is 3.21. The van der Waals surface area contributed by atoms with Crippen molar-refractivity contribution < 1.29 is 4.79 Å². The molecule has 1 amide bonds. The molecule has 0 radical (unpaired) electrons. The van der Waals surface area contributed by atoms with Crippen LogP contribution in [0.1, 0.15) is 94.8 Å². The number of halogens is 1. The molecule has 0 aliphatic heterocycles. The number of carbonyl (C=O) groups is 1. The lowest BCUT2D eigenvalue weighted by molar-refractivity contribution is 0.0749. The van der Waals surface area contributed by atoms with E-state index in [1.54, 1.807) is 12.1 Å². The van der Waals surface area contributed by atoms with Crippen molar-refractivity contribution in [2.24, 2.45) is 0 Å². The first kappa shape index (κ1) is 22.0. The van der Waals surface area contributed by atoms with Crippen molar-refractivity contribution >= 4 is 17.5 Å². The summed E-state index contributed by atoms with van der Waals surface area (Å²) in [7, 11) is 0. The van der Waals surface area contributed by atoms with Gasteiger partial charge in [0, 0.05) is 23.7 Å². The van der Waals surface area contributed by atoms with Crippen LogP contribution < -0.4 is 0 Å². The smallest absolute Gasteiger partial charge is 0.253 e. The van der Waals surface area contributed by atoms with Gasteiger partial charge < -0.3 is 4.90 Å². The van der Waals surface area contributed by atoms with Crippen LogP contribution in [0.2, 0.25) is 5.02 Å². The zero-order valence-electron chi connectivity index (χ0n) is 16.2. The molecule has 0 spiro atoms. The molecule has 0 fully saturated rings. The van der Waals surface area contributed by atoms with Crippen LogP contribution in [-0.2, 0) is 0 Å². The summed E-state index contributed by atoms with van der Waals surface area (Å²) in [5.41, 5.74) is 0.754. The molecule has 0 N–H and O–H groups in total. The van der Waals surface area contributed by atoms with E-state index >= 15 is 0 Å². The van der Waals surface area contributed by atoms with Crippen LogP contribution in [-0.4, -0.2) is 23.9 Å². The second kappa shape index (κ2) is 14.2. The van der Waals surface area contributed by atoms with Gasteiger partial charge in [0.1, 0.15) is 0 Å². The van der Waals surface area contributed by atoms with Crippen molar-refractivity contribution in [1.82, 2.24) is 4.90 Å². The van der Waals surface area contributed by atoms with E-state index < -0.39 is 0 Å². The van der Waals surface area contributed by atoms with E-state index in [1.165, 1.54) is 57.8 Å². The molecule has 0 aromatic heterocycles. The molecule has 0 unspecified atom stereocenters. The third kappa shape index (κ3) is 9.89. The number of amides is 1. The number of rotatable bonds is 14. The van der Waals surface area contributed by atoms with Crippen molar-refractivity contribution in [3.05, 3.63) is 34.9 Å². The van der Waals surface area contributed by atoms with Crippen molar-refractivity contribution in [2.75, 3.05) is 13.1 Å². The van der Waals surface area contributed by atoms with Gasteiger partial charge in [-0.05, 0) is 37.1 Å². The molecule has 3 heteroatoms. The van der Waals surface area contributed by atoms with Gasteiger partial charge in [0.25, 0.3) is 5.91 Å². The fourth-order valence-electron chi connectivity index (χ4n) is 3.08. The van der Waals surface area contributed by atoms with E-state index in [1.807, 2.05) is 12.1 Å². The summed E-state index contributed by atoms with van der Waals surface area (Å²) in [4.78, 5) is 14.9. The summed E-state index contributed by atoms with van der Waals surface area (Å²) in [5, 5.41) is 0.679. The minimum absolute atomic E-state index is 0.153. The Morgan fingerprint density at radius 2 is 1.20 bits per heavy atom. The van der Waals surface area contributed by atoms with Gasteiger partial charge >= 0.3 is 0 Å². The van der Waals surface area contributed by atoms with E-state index in [0.717, 1.165) is 31.5 Å². The molecular formula is C22H36ClNO. The Morgan fingerprint density at radius 3 is 1.68 bits per heavy atom. The maximum atomic E-state index is 12.8. The Bertz CT molecular complexity index is 458. The van der Waals surface area contributed by atoms with E-state index in [-0.39, 0.29) is 5.91 Å². The van der Waals surface area contributed by atoms with Gasteiger partial charge in [-0.1, -0.05) is 83.2 Å². The first-order chi connectivity index (χ1) is 12.2. The molecule has 25 heavy (non-hydrogen) atoms. The second-order valence-electron chi connectivity index (χ2n) is 6.98. The maximum absolute atomic E-state index is 12.8. The number of unbranched alkanes of at least 4 members (excludes halogenated alkanes) is 9. The van der Waals surface area contributed by atoms with Gasteiger partial charge in [0.2, 0.25) is 0 Å². The summed E-state index contributed by atoms with van der Waals surface area (Å²) >= 11 is 5.95. The molecule has 2 nitrogen and oxygen atoms in total. The van der Waals surface area contributed by atoms with E-state index in [9.17, 15) is 4.79 Å². The topological polar surface area (TPSA) is 20.3 Å². The predicted octanol–water partition coefficient (Wildman–Crippen LogP) is 7.11. The van der Waals surface area contributed by atoms with Crippen LogP contribution in [0.15, 0.2) is 24.3 Å². The van der Waals surface area contributed by atoms with Gasteiger partial charge in [-0.3, -0.25) is 4.79 Å². The highest BCUT2D eigenvalue weighted by atomic mass is 35.5. The molecule has 142 valence electrons. The molecule has 0 heterocycles. The standard InChI is InChI=1S/C22H36ClNO/c1-3-5-7-9-11-13-19-24(18-12-10-8-6-4-2)22(25)20-14-16-21(23)17-15-20/h14-17H,3-13,18-19H2,1-2H3.